The highest BCUT2D eigenvalue weighted by Gasteiger charge is 2.32. The van der Waals surface area contributed by atoms with Gasteiger partial charge in [0.2, 0.25) is 0 Å². The van der Waals surface area contributed by atoms with Crippen molar-refractivity contribution in [2.24, 2.45) is 0 Å². The van der Waals surface area contributed by atoms with E-state index in [1.54, 1.807) is 18.2 Å². The molecular weight excluding hydrogens is 271 g/mol. The fourth-order valence-corrected chi connectivity index (χ4v) is 1.85. The van der Waals surface area contributed by atoms with E-state index in [-0.39, 0.29) is 17.5 Å². The number of hydrogen-bond acceptors (Lipinski definition) is 3. The van der Waals surface area contributed by atoms with E-state index >= 15 is 0 Å². The Balaban J connectivity index is 2.20. The number of hydrogen-bond donors (Lipinski definition) is 1. The summed E-state index contributed by atoms with van der Waals surface area (Å²) in [7, 11) is 0. The molecule has 1 atom stereocenters. The summed E-state index contributed by atoms with van der Waals surface area (Å²) in [5, 5.41) is 3.00. The Morgan fingerprint density at radius 3 is 2.55 bits per heavy atom. The van der Waals surface area contributed by atoms with E-state index in [9.17, 15) is 13.2 Å². The van der Waals surface area contributed by atoms with Gasteiger partial charge in [0.15, 0.2) is 5.75 Å². The topological polar surface area (TPSA) is 34.4 Å². The highest BCUT2D eigenvalue weighted by molar-refractivity contribution is 5.57. The minimum atomic E-state index is -4.72. The quantitative estimate of drug-likeness (QED) is 0.861. The van der Waals surface area contributed by atoms with Crippen molar-refractivity contribution >= 4 is 5.69 Å². The van der Waals surface area contributed by atoms with Crippen molar-refractivity contribution in [2.45, 2.75) is 25.7 Å². The van der Waals surface area contributed by atoms with Gasteiger partial charge in [-0.15, -0.1) is 13.2 Å². The van der Waals surface area contributed by atoms with Crippen molar-refractivity contribution in [1.82, 2.24) is 0 Å². The van der Waals surface area contributed by atoms with Crippen LogP contribution in [0.3, 0.4) is 0 Å². The van der Waals surface area contributed by atoms with Gasteiger partial charge in [-0.3, -0.25) is 0 Å². The van der Waals surface area contributed by atoms with Gasteiger partial charge in [-0.2, -0.15) is 0 Å². The third kappa shape index (κ3) is 3.69. The molecule has 2 rings (SSSR count). The number of halogens is 3. The molecule has 0 aliphatic carbocycles. The second-order valence-corrected chi connectivity index (χ2v) is 4.16. The molecule has 0 aliphatic heterocycles. The predicted octanol–water partition coefficient (Wildman–Crippen LogP) is 4.74. The zero-order valence-electron chi connectivity index (χ0n) is 10.8. The molecule has 0 saturated carbocycles. The molecule has 1 aromatic carbocycles. The second kappa shape index (κ2) is 5.90. The predicted molar refractivity (Wildman–Crippen MR) is 68.5 cm³/mol. The molecule has 0 amide bonds. The number of nitrogens with one attached hydrogen (secondary N) is 1. The first kappa shape index (κ1) is 14.3. The number of benzene rings is 1. The highest BCUT2D eigenvalue weighted by Crippen LogP contribution is 2.33. The van der Waals surface area contributed by atoms with Crippen LogP contribution >= 0.6 is 0 Å². The number of ether oxygens (including phenoxy) is 1. The lowest BCUT2D eigenvalue weighted by Crippen LogP contribution is -2.19. The normalized spacial score (nSPS) is 13.0. The summed E-state index contributed by atoms with van der Waals surface area (Å²) in [5.41, 5.74) is 0.271. The lowest BCUT2D eigenvalue weighted by atomic mass is 10.1. The molecule has 0 fully saturated rings. The van der Waals surface area contributed by atoms with E-state index < -0.39 is 6.36 Å². The Hall–Kier alpha value is -2.11. The van der Waals surface area contributed by atoms with Crippen LogP contribution in [0.25, 0.3) is 0 Å². The standard InChI is InChI=1S/C14H14F3NO2/c1-2-10(12-8-5-9-19-12)18-11-6-3-4-7-13(11)20-14(15,16)17/h3-10,18H,2H2,1H3. The van der Waals surface area contributed by atoms with Gasteiger partial charge in [-0.05, 0) is 30.7 Å². The molecule has 0 radical (unpaired) electrons. The maximum Gasteiger partial charge on any atom is 0.573 e. The molecule has 1 N–H and O–H groups in total. The average molecular weight is 285 g/mol. The number of anilines is 1. The molecule has 20 heavy (non-hydrogen) atoms. The van der Waals surface area contributed by atoms with Gasteiger partial charge in [0.1, 0.15) is 5.76 Å². The minimum absolute atomic E-state index is 0.219. The van der Waals surface area contributed by atoms with Gasteiger partial charge in [0, 0.05) is 0 Å². The first-order chi connectivity index (χ1) is 9.49. The highest BCUT2D eigenvalue weighted by atomic mass is 19.4. The van der Waals surface area contributed by atoms with E-state index in [0.29, 0.717) is 12.2 Å². The summed E-state index contributed by atoms with van der Waals surface area (Å²) < 4.78 is 46.3. The molecule has 0 saturated heterocycles. The zero-order chi connectivity index (χ0) is 14.6. The van der Waals surface area contributed by atoms with Crippen LogP contribution < -0.4 is 10.1 Å². The Morgan fingerprint density at radius 2 is 1.95 bits per heavy atom. The van der Waals surface area contributed by atoms with Crippen LogP contribution in [0.4, 0.5) is 18.9 Å². The molecule has 2 aromatic rings. The van der Waals surface area contributed by atoms with Crippen LogP contribution in [0.15, 0.2) is 47.1 Å². The van der Waals surface area contributed by atoms with E-state index in [1.807, 2.05) is 6.92 Å². The number of para-hydroxylation sites is 2. The SMILES string of the molecule is CCC(Nc1ccccc1OC(F)(F)F)c1ccco1. The first-order valence-corrected chi connectivity index (χ1v) is 6.14. The molecule has 0 spiro atoms. The fourth-order valence-electron chi connectivity index (χ4n) is 1.85. The molecule has 1 unspecified atom stereocenters. The smallest absolute Gasteiger partial charge is 0.467 e. The zero-order valence-corrected chi connectivity index (χ0v) is 10.8. The molecular formula is C14H14F3NO2. The molecule has 3 nitrogen and oxygen atoms in total. The minimum Gasteiger partial charge on any atom is -0.467 e. The lowest BCUT2D eigenvalue weighted by molar-refractivity contribution is -0.274. The number of furan rings is 1. The number of rotatable bonds is 5. The van der Waals surface area contributed by atoms with Gasteiger partial charge in [0.05, 0.1) is 18.0 Å². The van der Waals surface area contributed by atoms with Crippen molar-refractivity contribution in [3.63, 3.8) is 0 Å². The average Bonchev–Trinajstić information content (AvgIpc) is 2.89. The number of alkyl halides is 3. The Morgan fingerprint density at radius 1 is 1.20 bits per heavy atom. The summed E-state index contributed by atoms with van der Waals surface area (Å²) in [6.07, 6.45) is -2.53. The monoisotopic (exact) mass is 285 g/mol. The van der Waals surface area contributed by atoms with Crippen molar-refractivity contribution < 1.29 is 22.3 Å². The fraction of sp³-hybridized carbons (Fsp3) is 0.286. The Bertz CT molecular complexity index is 538. The van der Waals surface area contributed by atoms with E-state index in [2.05, 4.69) is 10.1 Å². The van der Waals surface area contributed by atoms with Crippen LogP contribution in [0.5, 0.6) is 5.75 Å². The maximum atomic E-state index is 12.3. The van der Waals surface area contributed by atoms with Crippen LogP contribution in [0.2, 0.25) is 0 Å². The largest absolute Gasteiger partial charge is 0.573 e. The Kier molecular flexibility index (Phi) is 4.22. The molecule has 1 aromatic heterocycles. The Labute approximate surface area is 114 Å². The summed E-state index contributed by atoms with van der Waals surface area (Å²) in [4.78, 5) is 0. The molecule has 6 heteroatoms. The summed E-state index contributed by atoms with van der Waals surface area (Å²) in [6, 6.07) is 9.22. The van der Waals surface area contributed by atoms with Crippen LogP contribution in [0, 0.1) is 0 Å². The van der Waals surface area contributed by atoms with Crippen LogP contribution in [0.1, 0.15) is 25.1 Å². The third-order valence-electron chi connectivity index (χ3n) is 2.74. The van der Waals surface area contributed by atoms with Crippen LogP contribution in [-0.2, 0) is 0 Å². The van der Waals surface area contributed by atoms with Crippen molar-refractivity contribution in [2.75, 3.05) is 5.32 Å². The van der Waals surface area contributed by atoms with Crippen LogP contribution in [-0.4, -0.2) is 6.36 Å². The van der Waals surface area contributed by atoms with E-state index in [0.717, 1.165) is 0 Å². The van der Waals surface area contributed by atoms with Gasteiger partial charge in [-0.25, -0.2) is 0 Å². The summed E-state index contributed by atoms with van der Waals surface area (Å²) in [6.45, 7) is 1.91. The van der Waals surface area contributed by atoms with Gasteiger partial charge in [0.25, 0.3) is 0 Å². The first-order valence-electron chi connectivity index (χ1n) is 6.14. The molecule has 0 bridgehead atoms. The summed E-state index contributed by atoms with van der Waals surface area (Å²) >= 11 is 0. The third-order valence-corrected chi connectivity index (χ3v) is 2.74. The molecule has 1 heterocycles. The van der Waals surface area contributed by atoms with Crippen molar-refractivity contribution in [1.29, 1.82) is 0 Å². The summed E-state index contributed by atoms with van der Waals surface area (Å²) in [5.74, 6) is 0.402. The van der Waals surface area contributed by atoms with Gasteiger partial charge >= 0.3 is 6.36 Å². The van der Waals surface area contributed by atoms with Gasteiger partial charge < -0.3 is 14.5 Å². The van der Waals surface area contributed by atoms with E-state index in [4.69, 9.17) is 4.42 Å². The van der Waals surface area contributed by atoms with Gasteiger partial charge in [-0.1, -0.05) is 19.1 Å². The lowest BCUT2D eigenvalue weighted by Gasteiger charge is -2.19. The molecule has 0 aliphatic rings. The maximum absolute atomic E-state index is 12.3. The van der Waals surface area contributed by atoms with E-state index in [1.165, 1.54) is 24.5 Å². The second-order valence-electron chi connectivity index (χ2n) is 4.16. The van der Waals surface area contributed by atoms with Crippen molar-refractivity contribution in [3.8, 4) is 5.75 Å². The molecule has 108 valence electrons. The van der Waals surface area contributed by atoms with Crippen molar-refractivity contribution in [3.05, 3.63) is 48.4 Å².